The Kier molecular flexibility index (Phi) is 18.9. The molecule has 4 rings (SSSR count). The second-order valence-corrected chi connectivity index (χ2v) is 12.3. The fourth-order valence-corrected chi connectivity index (χ4v) is 4.86. The Morgan fingerprint density at radius 1 is 1.20 bits per heavy atom. The largest absolute Gasteiger partial charge is 0.490 e. The lowest BCUT2D eigenvalue weighted by Gasteiger charge is -2.50. The predicted octanol–water partition coefficient (Wildman–Crippen LogP) is 1.41. The van der Waals surface area contributed by atoms with E-state index < -0.39 is 45.9 Å². The highest BCUT2D eigenvalue weighted by molar-refractivity contribution is 7.80. The first kappa shape index (κ1) is 47.4. The molecule has 9 N–H and O–H groups in total. The van der Waals surface area contributed by atoms with Gasteiger partial charge in [-0.05, 0) is 38.9 Å². The van der Waals surface area contributed by atoms with Crippen LogP contribution in [0.25, 0.3) is 0 Å². The van der Waals surface area contributed by atoms with Crippen molar-refractivity contribution in [1.29, 1.82) is 0 Å². The van der Waals surface area contributed by atoms with Gasteiger partial charge in [-0.25, -0.2) is 19.7 Å². The first-order valence-electron chi connectivity index (χ1n) is 15.4. The molecule has 27 heteroatoms. The molecule has 0 spiro atoms. The van der Waals surface area contributed by atoms with E-state index in [9.17, 15) is 31.2 Å². The number of anilines is 3. The Morgan fingerprint density at radius 3 is 2.33 bits per heavy atom. The van der Waals surface area contributed by atoms with E-state index in [2.05, 4.69) is 35.0 Å². The molecule has 0 saturated carbocycles. The highest BCUT2D eigenvalue weighted by Gasteiger charge is 2.58. The zero-order chi connectivity index (χ0) is 42.0. The molecule has 0 aliphatic carbocycles. The monoisotopic (exact) mass is 828 g/mol. The van der Waals surface area contributed by atoms with Crippen LogP contribution in [-0.2, 0) is 45.2 Å². The summed E-state index contributed by atoms with van der Waals surface area (Å²) in [5.41, 5.74) is 9.75. The first-order chi connectivity index (χ1) is 25.7. The molecule has 0 aromatic carbocycles. The van der Waals surface area contributed by atoms with Crippen molar-refractivity contribution in [2.45, 2.75) is 58.4 Å². The van der Waals surface area contributed by atoms with Crippen LogP contribution in [0.4, 0.5) is 30.1 Å². The SMILES string of the molecule is CC.CC1(C)C(NC(=O)/C(=N\OCCOc2ccc(Nc3nccn3CCCN)nc2)c2csc(N)n2)C(=O)N1OS(=O)(=O)O.O=C(O)C(F)(F)F.O=CO. The van der Waals surface area contributed by atoms with Gasteiger partial charge in [0.1, 0.15) is 29.9 Å². The minimum atomic E-state index is -5.08. The molecular formula is C28H39F3N10O12S2. The van der Waals surface area contributed by atoms with E-state index in [0.717, 1.165) is 24.3 Å². The molecule has 306 valence electrons. The van der Waals surface area contributed by atoms with Crippen molar-refractivity contribution >= 4 is 68.6 Å². The number of rotatable bonds is 15. The van der Waals surface area contributed by atoms with Crippen molar-refractivity contribution in [3.63, 3.8) is 0 Å². The number of alkyl halides is 3. The number of hydroxylamine groups is 2. The number of nitrogens with one attached hydrogen (secondary N) is 2. The number of oxime groups is 1. The highest BCUT2D eigenvalue weighted by Crippen LogP contribution is 2.33. The number of carboxylic acids is 1. The maximum Gasteiger partial charge on any atom is 0.490 e. The van der Waals surface area contributed by atoms with Crippen LogP contribution in [0.5, 0.6) is 5.75 Å². The number of thiazole rings is 1. The van der Waals surface area contributed by atoms with E-state index in [1.165, 1.54) is 25.4 Å². The maximum atomic E-state index is 13.1. The van der Waals surface area contributed by atoms with Crippen LogP contribution in [0.3, 0.4) is 0 Å². The molecule has 0 bridgehead atoms. The number of aryl methyl sites for hydroxylation is 1. The van der Waals surface area contributed by atoms with Gasteiger partial charge < -0.3 is 46.5 Å². The van der Waals surface area contributed by atoms with Crippen LogP contribution in [0.2, 0.25) is 0 Å². The number of halogens is 3. The van der Waals surface area contributed by atoms with E-state index in [4.69, 9.17) is 45.4 Å². The minimum absolute atomic E-state index is 0.0473. The predicted molar refractivity (Wildman–Crippen MR) is 187 cm³/mol. The molecule has 22 nitrogen and oxygen atoms in total. The van der Waals surface area contributed by atoms with Crippen LogP contribution < -0.4 is 26.8 Å². The third kappa shape index (κ3) is 15.3. The number of ether oxygens (including phenoxy) is 1. The lowest BCUT2D eigenvalue weighted by molar-refractivity contribution is -0.218. The number of aliphatic carboxylic acids is 1. The number of pyridine rings is 1. The number of β-lactam (4-membered cyclic amide) rings is 1. The van der Waals surface area contributed by atoms with Crippen LogP contribution in [-0.4, -0.2) is 115 Å². The zero-order valence-electron chi connectivity index (χ0n) is 29.5. The molecule has 1 saturated heterocycles. The lowest BCUT2D eigenvalue weighted by Crippen LogP contribution is -2.76. The Morgan fingerprint density at radius 2 is 1.84 bits per heavy atom. The summed E-state index contributed by atoms with van der Waals surface area (Å²) in [6, 6.07) is 2.22. The van der Waals surface area contributed by atoms with Gasteiger partial charge in [0, 0.05) is 24.3 Å². The van der Waals surface area contributed by atoms with Gasteiger partial charge in [0.05, 0.1) is 11.7 Å². The normalized spacial score (nSPS) is 14.6. The lowest BCUT2D eigenvalue weighted by atomic mass is 9.84. The van der Waals surface area contributed by atoms with Crippen LogP contribution in [0.1, 0.15) is 39.8 Å². The van der Waals surface area contributed by atoms with Gasteiger partial charge in [-0.3, -0.25) is 18.9 Å². The van der Waals surface area contributed by atoms with Crippen LogP contribution in [0.15, 0.2) is 41.3 Å². The summed E-state index contributed by atoms with van der Waals surface area (Å²) in [7, 11) is -4.95. The number of nitrogen functional groups attached to an aromatic ring is 1. The number of carbonyl (C=O) groups excluding carboxylic acids is 2. The second-order valence-electron chi connectivity index (χ2n) is 10.4. The average molecular weight is 829 g/mol. The third-order valence-corrected chi connectivity index (χ3v) is 7.25. The molecule has 1 atom stereocenters. The fraction of sp³-hybridized carbons (Fsp3) is 0.429. The number of nitrogens with zero attached hydrogens (tertiary/aromatic N) is 6. The smallest absolute Gasteiger partial charge is 0.488 e. The quantitative estimate of drug-likeness (QED) is 0.0284. The summed E-state index contributed by atoms with van der Waals surface area (Å²) >= 11 is 1.06. The molecule has 3 aromatic rings. The van der Waals surface area contributed by atoms with Crippen LogP contribution in [0, 0.1) is 0 Å². The minimum Gasteiger partial charge on any atom is -0.488 e. The first-order valence-corrected chi connectivity index (χ1v) is 17.7. The number of aromatic nitrogens is 4. The van der Waals surface area contributed by atoms with Gasteiger partial charge in [0.25, 0.3) is 18.3 Å². The molecule has 3 aromatic heterocycles. The molecule has 4 heterocycles. The number of carbonyl (C=O) groups is 4. The molecule has 0 radical (unpaired) electrons. The Bertz CT molecular complexity index is 1840. The molecule has 1 aliphatic rings. The summed E-state index contributed by atoms with van der Waals surface area (Å²) in [5, 5.41) is 25.5. The average Bonchev–Trinajstić information content (AvgIpc) is 3.76. The van der Waals surface area contributed by atoms with E-state index in [1.807, 2.05) is 24.6 Å². The van der Waals surface area contributed by atoms with Crippen LogP contribution >= 0.6 is 11.3 Å². The standard InChI is InChI=1S/C23H30N10O8S2.C2HF3O2.C2H6.CH2O2/c1-23(2)18(20(35)33(23)41-43(36,37)38)30-19(34)17(15-13-42-21(25)28-15)31-40-11-10-39-14-4-5-16(27-12-14)29-22-26-7-9-32(22)8-3-6-24;3-2(4,5)1(6)7;1-2;2-1-3/h4-5,7,9,12-13,18H,3,6,8,10-11,24H2,1-2H3,(H2,25,28)(H,30,34)(H,26,27,29)(H,36,37,38);(H,6,7);1-2H3;1H,(H,2,3)/b31-17-;;;. The molecule has 55 heavy (non-hydrogen) atoms. The second kappa shape index (κ2) is 21.9. The summed E-state index contributed by atoms with van der Waals surface area (Å²) in [6.07, 6.45) is 0.775. The van der Waals surface area contributed by atoms with Gasteiger partial charge in [-0.1, -0.05) is 19.0 Å². The van der Waals surface area contributed by atoms with Gasteiger partial charge in [0.15, 0.2) is 17.5 Å². The molecule has 1 fully saturated rings. The van der Waals surface area contributed by atoms with Gasteiger partial charge in [0.2, 0.25) is 5.95 Å². The molecule has 1 unspecified atom stereocenters. The van der Waals surface area contributed by atoms with Crippen molar-refractivity contribution in [2.75, 3.05) is 30.8 Å². The zero-order valence-corrected chi connectivity index (χ0v) is 31.1. The Labute approximate surface area is 315 Å². The van der Waals surface area contributed by atoms with Crippen molar-refractivity contribution < 1.29 is 69.4 Å². The van der Waals surface area contributed by atoms with Crippen molar-refractivity contribution in [3.05, 3.63) is 41.8 Å². The summed E-state index contributed by atoms with van der Waals surface area (Å²) in [6.45, 7) is 7.87. The van der Waals surface area contributed by atoms with E-state index in [0.29, 0.717) is 29.1 Å². The third-order valence-electron chi connectivity index (χ3n) is 6.24. The van der Waals surface area contributed by atoms with Gasteiger partial charge >= 0.3 is 22.5 Å². The Hall–Kier alpha value is -5.64. The van der Waals surface area contributed by atoms with E-state index >= 15 is 0 Å². The van der Waals surface area contributed by atoms with Crippen molar-refractivity contribution in [1.82, 2.24) is 29.9 Å². The number of nitrogens with two attached hydrogens (primary N) is 2. The fourth-order valence-electron chi connectivity index (χ4n) is 3.86. The number of hydrogen-bond donors (Lipinski definition) is 7. The van der Waals surface area contributed by atoms with Crippen molar-refractivity contribution in [3.8, 4) is 5.75 Å². The highest BCUT2D eigenvalue weighted by atomic mass is 32.3. The van der Waals surface area contributed by atoms with E-state index in [-0.39, 0.29) is 36.2 Å². The molecule has 2 amide bonds. The number of hydrogen-bond acceptors (Lipinski definition) is 17. The Balaban J connectivity index is 0.00000110. The summed E-state index contributed by atoms with van der Waals surface area (Å²) < 4.78 is 74.6. The summed E-state index contributed by atoms with van der Waals surface area (Å²) in [5.74, 6) is -2.86. The van der Waals surface area contributed by atoms with Gasteiger partial charge in [-0.2, -0.15) is 26.7 Å². The molecule has 1 aliphatic heterocycles. The topological polar surface area (TPSA) is 326 Å². The van der Waals surface area contributed by atoms with Crippen molar-refractivity contribution in [2.24, 2.45) is 10.9 Å². The summed E-state index contributed by atoms with van der Waals surface area (Å²) in [4.78, 5) is 60.6. The molecular weight excluding hydrogens is 789 g/mol. The number of carboxylic acid groups (broad SMARTS) is 2. The van der Waals surface area contributed by atoms with Gasteiger partial charge in [-0.15, -0.1) is 15.6 Å². The number of amides is 2. The maximum absolute atomic E-state index is 13.1. The van der Waals surface area contributed by atoms with E-state index in [1.54, 1.807) is 18.3 Å². The number of imidazole rings is 1.